The monoisotopic (exact) mass is 640 g/mol. The summed E-state index contributed by atoms with van der Waals surface area (Å²) in [6.07, 6.45) is 6.07. The minimum atomic E-state index is -4.24. The van der Waals surface area contributed by atoms with Crippen LogP contribution in [0.3, 0.4) is 0 Å². The van der Waals surface area contributed by atoms with Gasteiger partial charge in [0, 0.05) is 6.54 Å². The van der Waals surface area contributed by atoms with Crippen LogP contribution in [0.5, 0.6) is 0 Å². The second-order valence-corrected chi connectivity index (χ2v) is 15.0. The number of sulfonamides is 1. The number of aromatic nitrogens is 3. The summed E-state index contributed by atoms with van der Waals surface area (Å²) in [6, 6.07) is 26.1. The maximum Gasteiger partial charge on any atom is 0.263 e. The number of benzene rings is 4. The van der Waals surface area contributed by atoms with Crippen molar-refractivity contribution in [2.75, 3.05) is 4.72 Å². The van der Waals surface area contributed by atoms with Gasteiger partial charge in [-0.15, -0.1) is 0 Å². The summed E-state index contributed by atoms with van der Waals surface area (Å²) in [5, 5.41) is 1.66. The van der Waals surface area contributed by atoms with Gasteiger partial charge in [0.25, 0.3) is 10.0 Å². The van der Waals surface area contributed by atoms with Crippen LogP contribution in [0.4, 0.5) is 5.82 Å². The van der Waals surface area contributed by atoms with Crippen LogP contribution in [-0.2, 0) is 26.4 Å². The molecule has 8 nitrogen and oxygen atoms in total. The van der Waals surface area contributed by atoms with Crippen LogP contribution in [-0.4, -0.2) is 31.4 Å². The number of nitrogens with zero attached hydrogens (tertiary/aromatic N) is 3. The SMILES string of the molecule is CCCCCCCCn1c(NS(=O)(=O)c2ccc3ccccc3c2)c(S(=O)(=O)c2ccc(C)cc2)c2nc3ccccc3nc21. The summed E-state index contributed by atoms with van der Waals surface area (Å²) >= 11 is 0. The fourth-order valence-corrected chi connectivity index (χ4v) is 8.37. The van der Waals surface area contributed by atoms with E-state index in [1.165, 1.54) is 18.2 Å². The van der Waals surface area contributed by atoms with Crippen molar-refractivity contribution in [3.05, 3.63) is 96.6 Å². The van der Waals surface area contributed by atoms with E-state index in [4.69, 9.17) is 9.97 Å². The third-order valence-corrected chi connectivity index (χ3v) is 11.3. The van der Waals surface area contributed by atoms with Gasteiger partial charge >= 0.3 is 0 Å². The Bertz CT molecular complexity index is 2230. The van der Waals surface area contributed by atoms with E-state index in [-0.39, 0.29) is 26.0 Å². The number of sulfone groups is 1. The smallest absolute Gasteiger partial charge is 0.263 e. The lowest BCUT2D eigenvalue weighted by Crippen LogP contribution is -2.18. The average molecular weight is 641 g/mol. The summed E-state index contributed by atoms with van der Waals surface area (Å²) in [4.78, 5) is 9.52. The van der Waals surface area contributed by atoms with Gasteiger partial charge < -0.3 is 4.57 Å². The lowest BCUT2D eigenvalue weighted by molar-refractivity contribution is 0.564. The van der Waals surface area contributed by atoms with Crippen LogP contribution >= 0.6 is 0 Å². The van der Waals surface area contributed by atoms with Crippen LogP contribution < -0.4 is 4.72 Å². The molecule has 2 heterocycles. The van der Waals surface area contributed by atoms with Gasteiger partial charge in [0.05, 0.1) is 20.8 Å². The molecule has 6 aromatic rings. The molecule has 0 saturated heterocycles. The molecule has 0 aliphatic heterocycles. The molecule has 232 valence electrons. The van der Waals surface area contributed by atoms with Crippen molar-refractivity contribution in [1.82, 2.24) is 14.5 Å². The Hall–Kier alpha value is -4.28. The first-order valence-corrected chi connectivity index (χ1v) is 18.3. The Morgan fingerprint density at radius 2 is 1.31 bits per heavy atom. The topological polar surface area (TPSA) is 111 Å². The third-order valence-electron chi connectivity index (χ3n) is 8.11. The van der Waals surface area contributed by atoms with E-state index < -0.39 is 19.9 Å². The summed E-state index contributed by atoms with van der Waals surface area (Å²) in [5.41, 5.74) is 2.48. The quantitative estimate of drug-likeness (QED) is 0.136. The number of para-hydroxylation sites is 2. The molecule has 0 aliphatic rings. The summed E-state index contributed by atoms with van der Waals surface area (Å²) in [7, 11) is -8.47. The lowest BCUT2D eigenvalue weighted by atomic mass is 10.1. The molecule has 1 N–H and O–H groups in total. The molecule has 2 aromatic heterocycles. The molecule has 0 saturated carbocycles. The molecular weight excluding hydrogens is 605 g/mol. The van der Waals surface area contributed by atoms with Gasteiger partial charge in [-0.25, -0.2) is 26.8 Å². The molecule has 0 spiro atoms. The van der Waals surface area contributed by atoms with E-state index in [1.807, 2.05) is 49.4 Å². The van der Waals surface area contributed by atoms with Crippen LogP contribution in [0.2, 0.25) is 0 Å². The van der Waals surface area contributed by atoms with Gasteiger partial charge in [-0.05, 0) is 60.5 Å². The third kappa shape index (κ3) is 6.17. The molecule has 0 unspecified atom stereocenters. The van der Waals surface area contributed by atoms with Gasteiger partial charge in [0.2, 0.25) is 9.84 Å². The maximum atomic E-state index is 14.5. The predicted molar refractivity (Wildman–Crippen MR) is 180 cm³/mol. The number of fused-ring (bicyclic) bond motifs is 3. The largest absolute Gasteiger partial charge is 0.309 e. The van der Waals surface area contributed by atoms with E-state index in [0.717, 1.165) is 54.9 Å². The molecule has 45 heavy (non-hydrogen) atoms. The van der Waals surface area contributed by atoms with Gasteiger partial charge in [-0.1, -0.05) is 99.2 Å². The van der Waals surface area contributed by atoms with Gasteiger partial charge in [0.15, 0.2) is 5.65 Å². The van der Waals surface area contributed by atoms with Crippen molar-refractivity contribution in [2.24, 2.45) is 0 Å². The molecule has 10 heteroatoms. The lowest BCUT2D eigenvalue weighted by Gasteiger charge is -2.15. The van der Waals surface area contributed by atoms with Crippen LogP contribution in [0.25, 0.3) is 33.0 Å². The number of anilines is 1. The molecular formula is C35H36N4O4S2. The Kier molecular flexibility index (Phi) is 8.61. The number of rotatable bonds is 12. The van der Waals surface area contributed by atoms with Crippen molar-refractivity contribution in [3.63, 3.8) is 0 Å². The first-order chi connectivity index (χ1) is 21.7. The molecule has 0 radical (unpaired) electrons. The minimum Gasteiger partial charge on any atom is -0.309 e. The van der Waals surface area contributed by atoms with Gasteiger partial charge in [-0.3, -0.25) is 4.72 Å². The number of nitrogens with one attached hydrogen (secondary N) is 1. The second kappa shape index (κ2) is 12.6. The number of aryl methyl sites for hydroxylation is 2. The highest BCUT2D eigenvalue weighted by Gasteiger charge is 2.33. The number of unbranched alkanes of at least 4 members (excludes halogenated alkanes) is 5. The predicted octanol–water partition coefficient (Wildman–Crippen LogP) is 8.04. The van der Waals surface area contributed by atoms with E-state index in [1.54, 1.807) is 34.9 Å². The summed E-state index contributed by atoms with van der Waals surface area (Å²) < 4.78 is 61.4. The van der Waals surface area contributed by atoms with Crippen LogP contribution in [0, 0.1) is 6.92 Å². The van der Waals surface area contributed by atoms with Crippen molar-refractivity contribution < 1.29 is 16.8 Å². The summed E-state index contributed by atoms with van der Waals surface area (Å²) in [5.74, 6) is -0.0532. The fraction of sp³-hybridized carbons (Fsp3) is 0.257. The number of hydrogen-bond acceptors (Lipinski definition) is 6. The van der Waals surface area contributed by atoms with Crippen molar-refractivity contribution in [2.45, 2.75) is 73.6 Å². The first kappa shape index (κ1) is 30.7. The van der Waals surface area contributed by atoms with E-state index >= 15 is 0 Å². The molecule has 6 rings (SSSR count). The zero-order valence-electron chi connectivity index (χ0n) is 25.4. The Balaban J connectivity index is 1.56. The highest BCUT2D eigenvalue weighted by Crippen LogP contribution is 2.38. The van der Waals surface area contributed by atoms with Gasteiger partial charge in [-0.2, -0.15) is 0 Å². The highest BCUT2D eigenvalue weighted by molar-refractivity contribution is 7.93. The van der Waals surface area contributed by atoms with Crippen molar-refractivity contribution in [3.8, 4) is 0 Å². The fourth-order valence-electron chi connectivity index (χ4n) is 5.65. The zero-order valence-corrected chi connectivity index (χ0v) is 27.0. The number of hydrogen-bond donors (Lipinski definition) is 1. The van der Waals surface area contributed by atoms with Crippen LogP contribution in [0.15, 0.2) is 106 Å². The molecule has 0 fully saturated rings. The second-order valence-electron chi connectivity index (χ2n) is 11.4. The maximum absolute atomic E-state index is 14.5. The average Bonchev–Trinajstić information content (AvgIpc) is 3.33. The Morgan fingerprint density at radius 1 is 0.689 bits per heavy atom. The molecule has 0 atom stereocenters. The minimum absolute atomic E-state index is 0.0299. The normalized spacial score (nSPS) is 12.3. The Morgan fingerprint density at radius 3 is 2.04 bits per heavy atom. The molecule has 0 aliphatic carbocycles. The molecule has 0 bridgehead atoms. The van der Waals surface area contributed by atoms with Crippen molar-refractivity contribution >= 4 is 58.6 Å². The van der Waals surface area contributed by atoms with E-state index in [9.17, 15) is 16.8 Å². The standard InChI is InChI=1S/C35H36N4O4S2/c1-3-4-5-6-7-12-23-39-34-32(36-30-15-10-11-16-31(30)37-34)33(44(40,41)28-20-17-25(2)18-21-28)35(39)38-45(42,43)29-22-19-26-13-8-9-14-27(26)24-29/h8-11,13-22,24,38H,3-7,12,23H2,1-2H3. The van der Waals surface area contributed by atoms with Crippen LogP contribution in [0.1, 0.15) is 51.0 Å². The zero-order chi connectivity index (χ0) is 31.6. The van der Waals surface area contributed by atoms with E-state index in [2.05, 4.69) is 11.6 Å². The Labute approximate surface area is 264 Å². The first-order valence-electron chi connectivity index (χ1n) is 15.3. The molecule has 0 amide bonds. The molecule has 4 aromatic carbocycles. The van der Waals surface area contributed by atoms with Crippen molar-refractivity contribution in [1.29, 1.82) is 0 Å². The van der Waals surface area contributed by atoms with Gasteiger partial charge in [0.1, 0.15) is 16.2 Å². The van der Waals surface area contributed by atoms with E-state index in [0.29, 0.717) is 23.2 Å². The highest BCUT2D eigenvalue weighted by atomic mass is 32.2. The summed E-state index contributed by atoms with van der Waals surface area (Å²) in [6.45, 7) is 4.41.